The molecule has 0 radical (unpaired) electrons. The maximum absolute atomic E-state index is 12.5. The number of carbonyl (C=O) groups excluding carboxylic acids is 1. The number of hydrogen-bond acceptors (Lipinski definition) is 3. The Morgan fingerprint density at radius 3 is 2.62 bits per heavy atom. The molecule has 1 aliphatic rings. The minimum atomic E-state index is -0.0222. The Morgan fingerprint density at radius 2 is 1.86 bits per heavy atom. The summed E-state index contributed by atoms with van der Waals surface area (Å²) in [5, 5.41) is 4.71. The summed E-state index contributed by atoms with van der Waals surface area (Å²) in [4.78, 5) is 20.5. The molecule has 3 aromatic rings. The molecule has 1 fully saturated rings. The summed E-state index contributed by atoms with van der Waals surface area (Å²) in [5.74, 6) is -0.0222. The highest BCUT2D eigenvalue weighted by Crippen LogP contribution is 2.22. The molecule has 1 saturated heterocycles. The van der Waals surface area contributed by atoms with Gasteiger partial charge in [-0.2, -0.15) is 0 Å². The van der Waals surface area contributed by atoms with E-state index < -0.39 is 0 Å². The number of rotatable bonds is 6. The monoisotopic (exact) mass is 410 g/mol. The van der Waals surface area contributed by atoms with Crippen LogP contribution < -0.4 is 5.32 Å². The van der Waals surface area contributed by atoms with Crippen LogP contribution in [0.25, 0.3) is 10.9 Å². The molecule has 6 heteroatoms. The molecular weight excluding hydrogens is 384 g/mol. The minimum absolute atomic E-state index is 0.0222. The Balaban J connectivity index is 1.29. The van der Waals surface area contributed by atoms with Gasteiger partial charge in [0, 0.05) is 60.5 Å². The first kappa shape index (κ1) is 20.0. The lowest BCUT2D eigenvalue weighted by atomic mass is 10.1. The van der Waals surface area contributed by atoms with Crippen LogP contribution in [0.5, 0.6) is 0 Å². The predicted molar refractivity (Wildman–Crippen MR) is 120 cm³/mol. The van der Waals surface area contributed by atoms with Gasteiger partial charge in [-0.3, -0.25) is 4.79 Å². The standard InChI is InChI=1S/C23H27ClN4O/c1-27-10-12-28(13-11-27)9-8-17-2-5-20(6-3-17)26-23(29)14-18-16-25-22-15-19(24)4-7-21(18)22/h2-7,15-16,25H,8-14H2,1H3,(H,26,29). The lowest BCUT2D eigenvalue weighted by Crippen LogP contribution is -2.45. The fourth-order valence-corrected chi connectivity index (χ4v) is 3.97. The molecule has 4 rings (SSSR count). The van der Waals surface area contributed by atoms with Gasteiger partial charge in [-0.05, 0) is 48.9 Å². The molecule has 2 N–H and O–H groups in total. The predicted octanol–water partition coefficient (Wildman–Crippen LogP) is 3.79. The Hall–Kier alpha value is -2.34. The van der Waals surface area contributed by atoms with Crippen molar-refractivity contribution < 1.29 is 4.79 Å². The zero-order valence-corrected chi connectivity index (χ0v) is 17.5. The van der Waals surface area contributed by atoms with E-state index in [0.29, 0.717) is 11.4 Å². The lowest BCUT2D eigenvalue weighted by molar-refractivity contribution is -0.115. The molecule has 152 valence electrons. The third-order valence-electron chi connectivity index (χ3n) is 5.63. The number of hydrogen-bond donors (Lipinski definition) is 2. The topological polar surface area (TPSA) is 51.4 Å². The highest BCUT2D eigenvalue weighted by molar-refractivity contribution is 6.31. The molecule has 29 heavy (non-hydrogen) atoms. The zero-order valence-electron chi connectivity index (χ0n) is 16.7. The third kappa shape index (κ3) is 5.18. The maximum Gasteiger partial charge on any atom is 0.228 e. The van der Waals surface area contributed by atoms with Crippen LogP contribution in [0.3, 0.4) is 0 Å². The van der Waals surface area contributed by atoms with Gasteiger partial charge in [0.2, 0.25) is 5.91 Å². The summed E-state index contributed by atoms with van der Waals surface area (Å²) in [6.07, 6.45) is 3.24. The number of fused-ring (bicyclic) bond motifs is 1. The molecule has 2 aromatic carbocycles. The van der Waals surface area contributed by atoms with E-state index >= 15 is 0 Å². The van der Waals surface area contributed by atoms with Crippen LogP contribution >= 0.6 is 11.6 Å². The maximum atomic E-state index is 12.5. The summed E-state index contributed by atoms with van der Waals surface area (Å²) in [5.41, 5.74) is 4.06. The minimum Gasteiger partial charge on any atom is -0.361 e. The van der Waals surface area contributed by atoms with Gasteiger partial charge in [0.25, 0.3) is 0 Å². The van der Waals surface area contributed by atoms with Gasteiger partial charge in [0.1, 0.15) is 0 Å². The molecule has 0 atom stereocenters. The normalized spacial score (nSPS) is 15.7. The second kappa shape index (κ2) is 8.99. The van der Waals surface area contributed by atoms with E-state index in [1.807, 2.05) is 36.5 Å². The largest absolute Gasteiger partial charge is 0.361 e. The molecular formula is C23H27ClN4O. The van der Waals surface area contributed by atoms with Crippen molar-refractivity contribution in [3.63, 3.8) is 0 Å². The quantitative estimate of drug-likeness (QED) is 0.650. The van der Waals surface area contributed by atoms with Crippen molar-refractivity contribution in [3.05, 3.63) is 64.8 Å². The van der Waals surface area contributed by atoms with Crippen molar-refractivity contribution in [3.8, 4) is 0 Å². The van der Waals surface area contributed by atoms with Crippen LogP contribution in [0.4, 0.5) is 5.69 Å². The first-order valence-corrected chi connectivity index (χ1v) is 10.5. The van der Waals surface area contributed by atoms with Crippen molar-refractivity contribution in [2.75, 3.05) is 45.1 Å². The smallest absolute Gasteiger partial charge is 0.228 e. The number of anilines is 1. The summed E-state index contributed by atoms with van der Waals surface area (Å²) in [6, 6.07) is 13.9. The number of likely N-dealkylation sites (N-methyl/N-ethyl adjacent to an activating group) is 1. The van der Waals surface area contributed by atoms with E-state index in [1.165, 1.54) is 5.56 Å². The number of H-pyrrole nitrogens is 1. The molecule has 0 bridgehead atoms. The van der Waals surface area contributed by atoms with Gasteiger partial charge in [0.15, 0.2) is 0 Å². The molecule has 1 aromatic heterocycles. The van der Waals surface area contributed by atoms with Gasteiger partial charge in [-0.25, -0.2) is 0 Å². The fraction of sp³-hybridized carbons (Fsp3) is 0.348. The van der Waals surface area contributed by atoms with E-state index in [4.69, 9.17) is 11.6 Å². The summed E-state index contributed by atoms with van der Waals surface area (Å²) in [6.45, 7) is 5.67. The highest BCUT2D eigenvalue weighted by atomic mass is 35.5. The van der Waals surface area contributed by atoms with Crippen LogP contribution in [0.1, 0.15) is 11.1 Å². The molecule has 2 heterocycles. The molecule has 0 unspecified atom stereocenters. The average molecular weight is 411 g/mol. The number of carbonyl (C=O) groups is 1. The van der Waals surface area contributed by atoms with E-state index in [2.05, 4.69) is 39.3 Å². The summed E-state index contributed by atoms with van der Waals surface area (Å²) < 4.78 is 0. The number of nitrogens with zero attached hydrogens (tertiary/aromatic N) is 2. The highest BCUT2D eigenvalue weighted by Gasteiger charge is 2.13. The number of piperazine rings is 1. The molecule has 1 aliphatic heterocycles. The van der Waals surface area contributed by atoms with Crippen molar-refractivity contribution >= 4 is 34.1 Å². The fourth-order valence-electron chi connectivity index (χ4n) is 3.80. The Labute approximate surface area is 176 Å². The summed E-state index contributed by atoms with van der Waals surface area (Å²) in [7, 11) is 2.18. The molecule has 0 spiro atoms. The van der Waals surface area contributed by atoms with Crippen molar-refractivity contribution in [1.82, 2.24) is 14.8 Å². The van der Waals surface area contributed by atoms with Crippen molar-refractivity contribution in [2.45, 2.75) is 12.8 Å². The van der Waals surface area contributed by atoms with Crippen LogP contribution in [0.15, 0.2) is 48.7 Å². The van der Waals surface area contributed by atoms with Crippen LogP contribution in [-0.4, -0.2) is 60.5 Å². The SMILES string of the molecule is CN1CCN(CCc2ccc(NC(=O)Cc3c[nH]c4cc(Cl)ccc34)cc2)CC1. The number of amides is 1. The Kier molecular flexibility index (Phi) is 6.19. The van der Waals surface area contributed by atoms with Gasteiger partial charge >= 0.3 is 0 Å². The summed E-state index contributed by atoms with van der Waals surface area (Å²) >= 11 is 6.02. The first-order chi connectivity index (χ1) is 14.1. The van der Waals surface area contributed by atoms with Gasteiger partial charge in [-0.15, -0.1) is 0 Å². The lowest BCUT2D eigenvalue weighted by Gasteiger charge is -2.32. The third-order valence-corrected chi connectivity index (χ3v) is 5.87. The van der Waals surface area contributed by atoms with E-state index in [9.17, 15) is 4.79 Å². The van der Waals surface area contributed by atoms with Crippen LogP contribution in [-0.2, 0) is 17.6 Å². The number of benzene rings is 2. The Morgan fingerprint density at radius 1 is 1.10 bits per heavy atom. The van der Waals surface area contributed by atoms with Crippen molar-refractivity contribution in [1.29, 1.82) is 0 Å². The van der Waals surface area contributed by atoms with Crippen molar-refractivity contribution in [2.24, 2.45) is 0 Å². The molecule has 0 aliphatic carbocycles. The number of nitrogens with one attached hydrogen (secondary N) is 2. The van der Waals surface area contributed by atoms with E-state index in [0.717, 1.165) is 61.3 Å². The molecule has 5 nitrogen and oxygen atoms in total. The van der Waals surface area contributed by atoms with E-state index in [-0.39, 0.29) is 5.91 Å². The van der Waals surface area contributed by atoms with Gasteiger partial charge in [0.05, 0.1) is 6.42 Å². The van der Waals surface area contributed by atoms with Gasteiger partial charge < -0.3 is 20.1 Å². The van der Waals surface area contributed by atoms with Gasteiger partial charge in [-0.1, -0.05) is 29.8 Å². The molecule has 0 saturated carbocycles. The number of aromatic nitrogens is 1. The first-order valence-electron chi connectivity index (χ1n) is 10.1. The average Bonchev–Trinajstić information content (AvgIpc) is 3.10. The van der Waals surface area contributed by atoms with Crippen LogP contribution in [0, 0.1) is 0 Å². The van der Waals surface area contributed by atoms with E-state index in [1.54, 1.807) is 0 Å². The second-order valence-electron chi connectivity index (χ2n) is 7.82. The number of aromatic amines is 1. The molecule has 1 amide bonds. The second-order valence-corrected chi connectivity index (χ2v) is 8.26. The number of halogens is 1. The zero-order chi connectivity index (χ0) is 20.2. The Bertz CT molecular complexity index is 974. The van der Waals surface area contributed by atoms with Crippen LogP contribution in [0.2, 0.25) is 5.02 Å².